The molecule has 6 heteroatoms. The van der Waals surface area contributed by atoms with Crippen molar-refractivity contribution >= 4 is 11.9 Å². The third-order valence-electron chi connectivity index (χ3n) is 4.16. The number of ether oxygens (including phenoxy) is 2. The van der Waals surface area contributed by atoms with Gasteiger partial charge in [-0.3, -0.25) is 4.79 Å². The first kappa shape index (κ1) is 17.8. The van der Waals surface area contributed by atoms with Gasteiger partial charge in [0.15, 0.2) is 11.5 Å². The molecule has 0 unspecified atom stereocenters. The molecule has 1 amide bonds. The molecule has 1 atom stereocenters. The van der Waals surface area contributed by atoms with E-state index in [-0.39, 0.29) is 18.7 Å². The number of carbonyl (C=O) groups is 2. The Morgan fingerprint density at radius 2 is 1.73 bits per heavy atom. The summed E-state index contributed by atoms with van der Waals surface area (Å²) in [5, 5.41) is 12.0. The van der Waals surface area contributed by atoms with Gasteiger partial charge in [0.05, 0.1) is 0 Å². The summed E-state index contributed by atoms with van der Waals surface area (Å²) in [6.45, 7) is 0.969. The highest BCUT2D eigenvalue weighted by atomic mass is 16.6. The van der Waals surface area contributed by atoms with Gasteiger partial charge in [0.2, 0.25) is 5.91 Å². The van der Waals surface area contributed by atoms with E-state index < -0.39 is 12.0 Å². The van der Waals surface area contributed by atoms with Crippen LogP contribution in [0.25, 0.3) is 0 Å². The fraction of sp³-hybridized carbons (Fsp3) is 0.300. The van der Waals surface area contributed by atoms with Crippen LogP contribution in [-0.4, -0.2) is 36.2 Å². The molecule has 1 aliphatic rings. The second-order valence-electron chi connectivity index (χ2n) is 6.13. The number of aryl methyl sites for hydroxylation is 1. The van der Waals surface area contributed by atoms with E-state index >= 15 is 0 Å². The van der Waals surface area contributed by atoms with Crippen LogP contribution in [0.1, 0.15) is 17.5 Å². The zero-order valence-corrected chi connectivity index (χ0v) is 14.3. The highest BCUT2D eigenvalue weighted by Crippen LogP contribution is 2.31. The number of benzene rings is 2. The SMILES string of the molecule is O=C(CCc1ccccc1)N[C@@H](Cc1ccc2c(c1)OCCO2)C(=O)O. The van der Waals surface area contributed by atoms with Crippen molar-refractivity contribution in [1.29, 1.82) is 0 Å². The fourth-order valence-corrected chi connectivity index (χ4v) is 2.82. The Kier molecular flexibility index (Phi) is 5.73. The van der Waals surface area contributed by atoms with E-state index in [1.165, 1.54) is 0 Å². The second kappa shape index (κ2) is 8.38. The van der Waals surface area contributed by atoms with Gasteiger partial charge in [-0.2, -0.15) is 0 Å². The first-order valence-electron chi connectivity index (χ1n) is 8.56. The highest BCUT2D eigenvalue weighted by Gasteiger charge is 2.21. The number of fused-ring (bicyclic) bond motifs is 1. The van der Waals surface area contributed by atoms with Gasteiger partial charge in [0.1, 0.15) is 19.3 Å². The maximum atomic E-state index is 12.1. The molecule has 0 fully saturated rings. The van der Waals surface area contributed by atoms with Gasteiger partial charge >= 0.3 is 5.97 Å². The summed E-state index contributed by atoms with van der Waals surface area (Å²) in [6.07, 6.45) is 1.00. The number of nitrogens with one attached hydrogen (secondary N) is 1. The quantitative estimate of drug-likeness (QED) is 0.795. The van der Waals surface area contributed by atoms with Crippen LogP contribution in [0.3, 0.4) is 0 Å². The molecule has 0 radical (unpaired) electrons. The van der Waals surface area contributed by atoms with Gasteiger partial charge in [-0.25, -0.2) is 4.79 Å². The number of aliphatic carboxylic acids is 1. The van der Waals surface area contributed by atoms with Crippen LogP contribution >= 0.6 is 0 Å². The van der Waals surface area contributed by atoms with Crippen molar-refractivity contribution < 1.29 is 24.2 Å². The summed E-state index contributed by atoms with van der Waals surface area (Å²) in [6, 6.07) is 14.0. The first-order chi connectivity index (χ1) is 12.6. The highest BCUT2D eigenvalue weighted by molar-refractivity contribution is 5.83. The molecule has 0 saturated heterocycles. The number of carbonyl (C=O) groups excluding carboxylic acids is 1. The van der Waals surface area contributed by atoms with Crippen molar-refractivity contribution in [3.8, 4) is 11.5 Å². The molecule has 0 saturated carbocycles. The molecule has 0 spiro atoms. The normalized spacial score (nSPS) is 13.7. The Morgan fingerprint density at radius 3 is 2.46 bits per heavy atom. The third-order valence-corrected chi connectivity index (χ3v) is 4.16. The molecular formula is C20H21NO5. The first-order valence-corrected chi connectivity index (χ1v) is 8.56. The van der Waals surface area contributed by atoms with E-state index in [0.717, 1.165) is 11.1 Å². The van der Waals surface area contributed by atoms with Crippen LogP contribution in [0.5, 0.6) is 11.5 Å². The van der Waals surface area contributed by atoms with Gasteiger partial charge in [-0.1, -0.05) is 36.4 Å². The summed E-state index contributed by atoms with van der Waals surface area (Å²) >= 11 is 0. The van der Waals surface area contributed by atoms with E-state index in [2.05, 4.69) is 5.32 Å². The van der Waals surface area contributed by atoms with Gasteiger partial charge < -0.3 is 19.9 Å². The van der Waals surface area contributed by atoms with Crippen molar-refractivity contribution in [3.05, 3.63) is 59.7 Å². The van der Waals surface area contributed by atoms with E-state index in [1.54, 1.807) is 18.2 Å². The van der Waals surface area contributed by atoms with Crippen molar-refractivity contribution in [2.24, 2.45) is 0 Å². The van der Waals surface area contributed by atoms with Crippen LogP contribution in [-0.2, 0) is 22.4 Å². The lowest BCUT2D eigenvalue weighted by Crippen LogP contribution is -2.42. The van der Waals surface area contributed by atoms with Crippen LogP contribution in [0, 0.1) is 0 Å². The Hall–Kier alpha value is -3.02. The molecule has 2 aromatic carbocycles. The van der Waals surface area contributed by atoms with Crippen molar-refractivity contribution in [2.45, 2.75) is 25.3 Å². The number of carboxylic acids is 1. The zero-order valence-electron chi connectivity index (χ0n) is 14.3. The summed E-state index contributed by atoms with van der Waals surface area (Å²) < 4.78 is 11.0. The summed E-state index contributed by atoms with van der Waals surface area (Å²) in [4.78, 5) is 23.7. The average Bonchev–Trinajstić information content (AvgIpc) is 2.66. The second-order valence-corrected chi connectivity index (χ2v) is 6.13. The molecule has 136 valence electrons. The lowest BCUT2D eigenvalue weighted by Gasteiger charge is -2.20. The molecule has 0 aliphatic carbocycles. The van der Waals surface area contributed by atoms with Crippen LogP contribution in [0.4, 0.5) is 0 Å². The van der Waals surface area contributed by atoms with E-state index in [9.17, 15) is 14.7 Å². The van der Waals surface area contributed by atoms with Crippen molar-refractivity contribution in [2.75, 3.05) is 13.2 Å². The monoisotopic (exact) mass is 355 g/mol. The number of rotatable bonds is 7. The molecule has 2 aromatic rings. The lowest BCUT2D eigenvalue weighted by molar-refractivity contribution is -0.141. The predicted octanol–water partition coefficient (Wildman–Crippen LogP) is 2.20. The molecular weight excluding hydrogens is 334 g/mol. The summed E-state index contributed by atoms with van der Waals surface area (Å²) in [7, 11) is 0. The minimum absolute atomic E-state index is 0.184. The molecule has 6 nitrogen and oxygen atoms in total. The lowest BCUT2D eigenvalue weighted by atomic mass is 10.0. The van der Waals surface area contributed by atoms with Crippen molar-refractivity contribution in [3.63, 3.8) is 0 Å². The van der Waals surface area contributed by atoms with E-state index in [4.69, 9.17) is 9.47 Å². The maximum absolute atomic E-state index is 12.1. The smallest absolute Gasteiger partial charge is 0.326 e. The largest absolute Gasteiger partial charge is 0.486 e. The van der Waals surface area contributed by atoms with E-state index in [0.29, 0.717) is 31.1 Å². The molecule has 2 N–H and O–H groups in total. The summed E-state index contributed by atoms with van der Waals surface area (Å²) in [5.41, 5.74) is 1.81. The van der Waals surface area contributed by atoms with Gasteiger partial charge in [-0.15, -0.1) is 0 Å². The molecule has 3 rings (SSSR count). The van der Waals surface area contributed by atoms with E-state index in [1.807, 2.05) is 30.3 Å². The fourth-order valence-electron chi connectivity index (χ4n) is 2.82. The standard InChI is InChI=1S/C20H21NO5/c22-19(9-7-14-4-2-1-3-5-14)21-16(20(23)24)12-15-6-8-17-18(13-15)26-11-10-25-17/h1-6,8,13,16H,7,9-12H2,(H,21,22)(H,23,24)/t16-/m0/s1. The maximum Gasteiger partial charge on any atom is 0.326 e. The molecule has 0 aromatic heterocycles. The minimum atomic E-state index is -1.06. The molecule has 26 heavy (non-hydrogen) atoms. The van der Waals surface area contributed by atoms with Gasteiger partial charge in [-0.05, 0) is 29.7 Å². The van der Waals surface area contributed by atoms with Crippen LogP contribution in [0.15, 0.2) is 48.5 Å². The van der Waals surface area contributed by atoms with Crippen LogP contribution in [0.2, 0.25) is 0 Å². The predicted molar refractivity (Wildman–Crippen MR) is 95.5 cm³/mol. The zero-order chi connectivity index (χ0) is 18.4. The topological polar surface area (TPSA) is 84.9 Å². The number of hydrogen-bond donors (Lipinski definition) is 2. The third kappa shape index (κ3) is 4.75. The number of amides is 1. The molecule has 1 aliphatic heterocycles. The summed E-state index contributed by atoms with van der Waals surface area (Å²) in [5.74, 6) is -0.0844. The Balaban J connectivity index is 1.58. The Labute approximate surface area is 151 Å². The minimum Gasteiger partial charge on any atom is -0.486 e. The number of carboxylic acid groups (broad SMARTS) is 1. The van der Waals surface area contributed by atoms with Crippen molar-refractivity contribution in [1.82, 2.24) is 5.32 Å². The average molecular weight is 355 g/mol. The van der Waals surface area contributed by atoms with Crippen LogP contribution < -0.4 is 14.8 Å². The van der Waals surface area contributed by atoms with Gasteiger partial charge in [0, 0.05) is 12.8 Å². The molecule has 1 heterocycles. The Bertz CT molecular complexity index is 775. The number of hydrogen-bond acceptors (Lipinski definition) is 4. The Morgan fingerprint density at radius 1 is 1.00 bits per heavy atom. The van der Waals surface area contributed by atoms with Gasteiger partial charge in [0.25, 0.3) is 0 Å². The molecule has 0 bridgehead atoms.